The fourth-order valence-corrected chi connectivity index (χ4v) is 4.82. The number of aromatic nitrogens is 2. The Hall–Kier alpha value is -2.78. The molecule has 1 aromatic carbocycles. The molecule has 1 atom stereocenters. The van der Waals surface area contributed by atoms with Gasteiger partial charge in [-0.3, -0.25) is 9.59 Å². The van der Waals surface area contributed by atoms with Crippen LogP contribution in [-0.2, 0) is 16.1 Å². The van der Waals surface area contributed by atoms with Crippen molar-refractivity contribution >= 4 is 61.9 Å². The summed E-state index contributed by atoms with van der Waals surface area (Å²) in [7, 11) is 0. The Labute approximate surface area is 186 Å². The minimum Gasteiger partial charge on any atom is -0.383 e. The van der Waals surface area contributed by atoms with Crippen molar-refractivity contribution in [2.75, 3.05) is 18.8 Å². The number of hydrogen-bond acceptors (Lipinski definition) is 6. The number of thiophene rings is 1. The van der Waals surface area contributed by atoms with Crippen molar-refractivity contribution in [1.82, 2.24) is 19.8 Å². The Morgan fingerprint density at radius 1 is 1.30 bits per heavy atom. The molecule has 3 heterocycles. The third-order valence-electron chi connectivity index (χ3n) is 5.12. The Kier molecular flexibility index (Phi) is 5.83. The molecule has 2 aromatic heterocycles. The zero-order valence-electron chi connectivity index (χ0n) is 16.3. The molecule has 1 aliphatic heterocycles. The Bertz CT molecular complexity index is 1150. The van der Waals surface area contributed by atoms with Crippen molar-refractivity contribution in [3.05, 3.63) is 57.0 Å². The fraction of sp³-hybridized carbons (Fsp3) is 0.238. The second kappa shape index (κ2) is 8.53. The molecule has 2 amide bonds. The van der Waals surface area contributed by atoms with Gasteiger partial charge in [-0.1, -0.05) is 6.07 Å². The van der Waals surface area contributed by atoms with Crippen LogP contribution in [0, 0.1) is 0 Å². The minimum atomic E-state index is -0.510. The first-order valence-electron chi connectivity index (χ1n) is 9.44. The summed E-state index contributed by atoms with van der Waals surface area (Å²) < 4.78 is 1.01. The number of piperazine rings is 1. The number of nitrogen functional groups attached to an aromatic ring is 1. The van der Waals surface area contributed by atoms with Crippen LogP contribution in [0.4, 0.5) is 5.82 Å². The van der Waals surface area contributed by atoms with Crippen LogP contribution in [0.1, 0.15) is 17.4 Å². The average Bonchev–Trinajstić information content (AvgIpc) is 3.15. The molecular formula is C21H20BrN5O2S. The van der Waals surface area contributed by atoms with Gasteiger partial charge < -0.3 is 15.5 Å². The van der Waals surface area contributed by atoms with Crippen LogP contribution in [0.15, 0.2) is 46.5 Å². The molecule has 0 saturated carbocycles. The van der Waals surface area contributed by atoms with Crippen LogP contribution >= 0.6 is 27.3 Å². The number of amides is 2. The lowest BCUT2D eigenvalue weighted by atomic mass is 10.1. The van der Waals surface area contributed by atoms with E-state index in [-0.39, 0.29) is 11.8 Å². The van der Waals surface area contributed by atoms with Crippen molar-refractivity contribution in [2.45, 2.75) is 19.5 Å². The molecule has 3 aromatic rings. The molecule has 4 rings (SSSR count). The van der Waals surface area contributed by atoms with E-state index in [0.717, 1.165) is 25.1 Å². The maximum absolute atomic E-state index is 12.9. The van der Waals surface area contributed by atoms with Crippen molar-refractivity contribution in [2.24, 2.45) is 0 Å². The summed E-state index contributed by atoms with van der Waals surface area (Å²) in [5, 5.41) is 0.793. The highest BCUT2D eigenvalue weighted by Crippen LogP contribution is 2.24. The lowest BCUT2D eigenvalue weighted by molar-refractivity contribution is -0.148. The quantitative estimate of drug-likeness (QED) is 0.572. The third kappa shape index (κ3) is 4.22. The van der Waals surface area contributed by atoms with Crippen molar-refractivity contribution in [3.8, 4) is 0 Å². The molecule has 0 aliphatic carbocycles. The Balaban J connectivity index is 1.43. The van der Waals surface area contributed by atoms with E-state index in [2.05, 4.69) is 25.9 Å². The number of benzene rings is 1. The van der Waals surface area contributed by atoms with Crippen LogP contribution < -0.4 is 5.73 Å². The van der Waals surface area contributed by atoms with Gasteiger partial charge in [-0.15, -0.1) is 11.3 Å². The number of hydrogen-bond donors (Lipinski definition) is 1. The smallest absolute Gasteiger partial charge is 0.247 e. The number of carbonyl (C=O) groups is 2. The molecule has 0 bridgehead atoms. The Morgan fingerprint density at radius 2 is 2.13 bits per heavy atom. The topological polar surface area (TPSA) is 92.4 Å². The SMILES string of the molecule is C[C@H]1C(=O)N(Cc2ccc3c(N)ncnc3c2)CCN1C(=O)C=Cc1ccc(Br)s1. The van der Waals surface area contributed by atoms with E-state index in [1.807, 2.05) is 30.3 Å². The minimum absolute atomic E-state index is 0.0656. The number of nitrogens with two attached hydrogens (primary N) is 1. The molecule has 0 unspecified atom stereocenters. The van der Waals surface area contributed by atoms with Gasteiger partial charge in [0.25, 0.3) is 0 Å². The van der Waals surface area contributed by atoms with Gasteiger partial charge in [0.1, 0.15) is 18.2 Å². The van der Waals surface area contributed by atoms with Crippen LogP contribution in [0.3, 0.4) is 0 Å². The zero-order chi connectivity index (χ0) is 21.3. The number of nitrogens with zero attached hydrogens (tertiary/aromatic N) is 4. The standard InChI is InChI=1S/C21H20BrN5O2S/c1-13-21(29)26(11-14-2-5-16-17(10-14)24-12-25-20(16)23)8-9-27(13)19(28)7-4-15-3-6-18(22)30-15/h2-7,10,12-13H,8-9,11H2,1H3,(H2,23,24,25)/t13-/m0/s1. The van der Waals surface area contributed by atoms with Crippen LogP contribution in [0.2, 0.25) is 0 Å². The summed E-state index contributed by atoms with van der Waals surface area (Å²) in [4.78, 5) is 38.1. The van der Waals surface area contributed by atoms with Crippen LogP contribution in [-0.4, -0.2) is 50.7 Å². The normalized spacial score (nSPS) is 17.3. The molecule has 0 radical (unpaired) electrons. The number of fused-ring (bicyclic) bond motifs is 1. The van der Waals surface area contributed by atoms with E-state index >= 15 is 0 Å². The van der Waals surface area contributed by atoms with E-state index in [1.54, 1.807) is 34.1 Å². The van der Waals surface area contributed by atoms with Crippen LogP contribution in [0.5, 0.6) is 0 Å². The highest BCUT2D eigenvalue weighted by atomic mass is 79.9. The molecule has 1 aliphatic rings. The van der Waals surface area contributed by atoms with Gasteiger partial charge in [0.2, 0.25) is 11.8 Å². The predicted molar refractivity (Wildman–Crippen MR) is 122 cm³/mol. The summed E-state index contributed by atoms with van der Waals surface area (Å²) >= 11 is 4.96. The van der Waals surface area contributed by atoms with E-state index < -0.39 is 6.04 Å². The fourth-order valence-electron chi connectivity index (χ4n) is 3.50. The molecule has 9 heteroatoms. The molecule has 2 N–H and O–H groups in total. The van der Waals surface area contributed by atoms with E-state index in [4.69, 9.17) is 5.73 Å². The van der Waals surface area contributed by atoms with Gasteiger partial charge in [0.05, 0.1) is 9.30 Å². The second-order valence-corrected chi connectivity index (χ2v) is 9.55. The molecule has 154 valence electrons. The van der Waals surface area contributed by atoms with Crippen molar-refractivity contribution in [1.29, 1.82) is 0 Å². The summed E-state index contributed by atoms with van der Waals surface area (Å²) in [5.41, 5.74) is 7.59. The van der Waals surface area contributed by atoms with Gasteiger partial charge in [-0.25, -0.2) is 9.97 Å². The van der Waals surface area contributed by atoms with Gasteiger partial charge in [-0.2, -0.15) is 0 Å². The molecule has 0 spiro atoms. The Morgan fingerprint density at radius 3 is 2.90 bits per heavy atom. The summed E-state index contributed by atoms with van der Waals surface area (Å²) in [6, 6.07) is 9.09. The van der Waals surface area contributed by atoms with Crippen LogP contribution in [0.25, 0.3) is 17.0 Å². The maximum Gasteiger partial charge on any atom is 0.247 e. The molecule has 30 heavy (non-hydrogen) atoms. The third-order valence-corrected chi connectivity index (χ3v) is 6.71. The number of rotatable bonds is 4. The number of anilines is 1. The highest BCUT2D eigenvalue weighted by molar-refractivity contribution is 9.11. The maximum atomic E-state index is 12.9. The first-order chi connectivity index (χ1) is 14.4. The highest BCUT2D eigenvalue weighted by Gasteiger charge is 2.33. The molecule has 1 saturated heterocycles. The first-order valence-corrected chi connectivity index (χ1v) is 11.1. The van der Waals surface area contributed by atoms with E-state index in [9.17, 15) is 9.59 Å². The van der Waals surface area contributed by atoms with Crippen molar-refractivity contribution < 1.29 is 9.59 Å². The lowest BCUT2D eigenvalue weighted by Crippen LogP contribution is -2.56. The van der Waals surface area contributed by atoms with Gasteiger partial charge >= 0.3 is 0 Å². The van der Waals surface area contributed by atoms with Crippen molar-refractivity contribution in [3.63, 3.8) is 0 Å². The molecule has 1 fully saturated rings. The van der Waals surface area contributed by atoms with Gasteiger partial charge in [-0.05, 0) is 58.8 Å². The number of carbonyl (C=O) groups excluding carboxylic acids is 2. The lowest BCUT2D eigenvalue weighted by Gasteiger charge is -2.38. The number of halogens is 1. The van der Waals surface area contributed by atoms with Gasteiger partial charge in [0.15, 0.2) is 0 Å². The second-order valence-electron chi connectivity index (χ2n) is 7.05. The summed E-state index contributed by atoms with van der Waals surface area (Å²) in [6.45, 7) is 3.21. The van der Waals surface area contributed by atoms with E-state index in [0.29, 0.717) is 25.5 Å². The largest absolute Gasteiger partial charge is 0.383 e. The predicted octanol–water partition coefficient (Wildman–Crippen LogP) is 3.31. The molecular weight excluding hydrogens is 466 g/mol. The summed E-state index contributed by atoms with van der Waals surface area (Å²) in [5.74, 6) is 0.216. The first kappa shape index (κ1) is 20.5. The monoisotopic (exact) mass is 485 g/mol. The summed E-state index contributed by atoms with van der Waals surface area (Å²) in [6.07, 6.45) is 4.75. The average molecular weight is 486 g/mol. The van der Waals surface area contributed by atoms with Gasteiger partial charge in [0, 0.05) is 36.0 Å². The molecule has 7 nitrogen and oxygen atoms in total. The van der Waals surface area contributed by atoms with E-state index in [1.165, 1.54) is 12.4 Å². The zero-order valence-corrected chi connectivity index (χ0v) is 18.7.